The Hall–Kier alpha value is -5.76. The normalized spacial score (nSPS) is 15.3. The van der Waals surface area contributed by atoms with Gasteiger partial charge in [0.1, 0.15) is 11.6 Å². The van der Waals surface area contributed by atoms with Crippen molar-refractivity contribution in [2.24, 2.45) is 7.05 Å². The van der Waals surface area contributed by atoms with Gasteiger partial charge in [-0.05, 0) is 31.2 Å². The van der Waals surface area contributed by atoms with E-state index in [1.165, 1.54) is 15.6 Å². The van der Waals surface area contributed by atoms with Crippen LogP contribution in [0.2, 0.25) is 0 Å². The fourth-order valence-corrected chi connectivity index (χ4v) is 5.04. The first-order valence-electron chi connectivity index (χ1n) is 12.8. The lowest BCUT2D eigenvalue weighted by Gasteiger charge is -2.39. The lowest BCUT2D eigenvalue weighted by Crippen LogP contribution is -2.59. The number of carbonyl (C=O) groups excluding carboxylic acids is 3. The molecule has 6 rings (SSSR count). The van der Waals surface area contributed by atoms with E-state index in [-0.39, 0.29) is 33.9 Å². The van der Waals surface area contributed by atoms with Crippen molar-refractivity contribution < 1.29 is 14.4 Å². The van der Waals surface area contributed by atoms with Crippen molar-refractivity contribution in [1.29, 1.82) is 0 Å². The summed E-state index contributed by atoms with van der Waals surface area (Å²) in [5.74, 6) is 4.78. The van der Waals surface area contributed by atoms with Gasteiger partial charge in [-0.3, -0.25) is 24.0 Å². The van der Waals surface area contributed by atoms with Crippen molar-refractivity contribution in [3.8, 4) is 11.8 Å². The predicted octanol–water partition coefficient (Wildman–Crippen LogP) is 2.47. The van der Waals surface area contributed by atoms with Crippen molar-refractivity contribution in [3.63, 3.8) is 0 Å². The van der Waals surface area contributed by atoms with Gasteiger partial charge in [0.2, 0.25) is 0 Å². The van der Waals surface area contributed by atoms with Crippen LogP contribution in [-0.2, 0) is 7.05 Å². The Morgan fingerprint density at radius 1 is 1.07 bits per heavy atom. The third kappa shape index (κ3) is 4.47. The number of rotatable bonds is 4. The summed E-state index contributed by atoms with van der Waals surface area (Å²) >= 11 is 0. The summed E-state index contributed by atoms with van der Waals surface area (Å²) in [5, 5.41) is 11.1. The van der Waals surface area contributed by atoms with Gasteiger partial charge in [-0.2, -0.15) is 5.10 Å². The summed E-state index contributed by atoms with van der Waals surface area (Å²) in [6.07, 6.45) is 6.55. The van der Waals surface area contributed by atoms with E-state index in [0.717, 1.165) is 0 Å². The van der Waals surface area contributed by atoms with Crippen molar-refractivity contribution >= 4 is 34.8 Å². The van der Waals surface area contributed by atoms with E-state index in [9.17, 15) is 14.4 Å². The Labute approximate surface area is 234 Å². The molecule has 0 spiro atoms. The standard InChI is InChI=1S/C30H24N8O3/c1-18(34-29(40)24-27(31)35-37-15-7-14-32-28(24)37)25-26(39)22-11-6-8-20(13-12-19-16-33-36(2)17-19)23(22)30(41)38(25)21-9-4-3-5-10-21/h3-11,14-18,25H,1-2H3,(H2,31,35)(H,34,40)/t18-,25?/m1/s1. The third-order valence-electron chi connectivity index (χ3n) is 6.87. The van der Waals surface area contributed by atoms with Crippen LogP contribution >= 0.6 is 0 Å². The maximum atomic E-state index is 14.2. The Morgan fingerprint density at radius 2 is 1.88 bits per heavy atom. The van der Waals surface area contributed by atoms with Crippen LogP contribution in [0.25, 0.3) is 5.65 Å². The van der Waals surface area contributed by atoms with Crippen LogP contribution in [-0.4, -0.2) is 54.1 Å². The highest BCUT2D eigenvalue weighted by atomic mass is 16.2. The number of aryl methyl sites for hydroxylation is 1. The van der Waals surface area contributed by atoms with Crippen LogP contribution in [0.3, 0.4) is 0 Å². The number of benzene rings is 2. The molecule has 5 aromatic rings. The van der Waals surface area contributed by atoms with Gasteiger partial charge < -0.3 is 11.1 Å². The first kappa shape index (κ1) is 25.5. The highest BCUT2D eigenvalue weighted by Gasteiger charge is 2.44. The van der Waals surface area contributed by atoms with Gasteiger partial charge in [-0.1, -0.05) is 42.2 Å². The van der Waals surface area contributed by atoms with E-state index in [1.54, 1.807) is 85.8 Å². The zero-order valence-corrected chi connectivity index (χ0v) is 22.1. The van der Waals surface area contributed by atoms with Crippen LogP contribution < -0.4 is 16.0 Å². The largest absolute Gasteiger partial charge is 0.381 e. The number of nitrogen functional groups attached to an aromatic ring is 1. The number of fused-ring (bicyclic) bond motifs is 2. The Bertz CT molecular complexity index is 1900. The summed E-state index contributed by atoms with van der Waals surface area (Å²) < 4.78 is 3.04. The first-order chi connectivity index (χ1) is 19.8. The number of aromatic nitrogens is 5. The fourth-order valence-electron chi connectivity index (χ4n) is 5.04. The fraction of sp³-hybridized carbons (Fsp3) is 0.133. The van der Waals surface area contributed by atoms with Crippen LogP contribution in [0.5, 0.6) is 0 Å². The number of nitrogens with two attached hydrogens (primary N) is 1. The van der Waals surface area contributed by atoms with Crippen LogP contribution in [0, 0.1) is 11.8 Å². The number of ketones is 1. The Morgan fingerprint density at radius 3 is 2.63 bits per heavy atom. The number of nitrogens with one attached hydrogen (secondary N) is 1. The van der Waals surface area contributed by atoms with Gasteiger partial charge >= 0.3 is 0 Å². The molecule has 0 fully saturated rings. The highest BCUT2D eigenvalue weighted by molar-refractivity contribution is 6.24. The number of carbonyl (C=O) groups is 3. The van der Waals surface area contributed by atoms with E-state index in [4.69, 9.17) is 5.73 Å². The monoisotopic (exact) mass is 544 g/mol. The van der Waals surface area contributed by atoms with Crippen molar-refractivity contribution in [1.82, 2.24) is 29.7 Å². The van der Waals surface area contributed by atoms with Gasteiger partial charge in [0.05, 0.1) is 23.4 Å². The molecule has 0 saturated carbocycles. The minimum atomic E-state index is -1.04. The van der Waals surface area contributed by atoms with Gasteiger partial charge in [-0.15, -0.1) is 5.10 Å². The molecule has 1 aliphatic heterocycles. The average Bonchev–Trinajstić information content (AvgIpc) is 3.55. The molecule has 4 heterocycles. The molecule has 2 aromatic carbocycles. The topological polar surface area (TPSA) is 141 Å². The van der Waals surface area contributed by atoms with E-state index in [2.05, 4.69) is 32.3 Å². The van der Waals surface area contributed by atoms with Crippen molar-refractivity contribution in [2.75, 3.05) is 10.6 Å². The molecule has 3 N–H and O–H groups in total. The minimum absolute atomic E-state index is 0.00143. The number of anilines is 2. The summed E-state index contributed by atoms with van der Waals surface area (Å²) in [6.45, 7) is 1.68. The summed E-state index contributed by atoms with van der Waals surface area (Å²) in [7, 11) is 1.79. The van der Waals surface area contributed by atoms with Gasteiger partial charge in [0.25, 0.3) is 11.8 Å². The molecule has 1 unspecified atom stereocenters. The van der Waals surface area contributed by atoms with Crippen LogP contribution in [0.15, 0.2) is 79.4 Å². The zero-order valence-electron chi connectivity index (χ0n) is 22.1. The molecule has 0 aliphatic carbocycles. The number of hydrogen-bond acceptors (Lipinski definition) is 7. The molecular weight excluding hydrogens is 520 g/mol. The number of amides is 2. The van der Waals surface area contributed by atoms with Gasteiger partial charge in [0, 0.05) is 42.5 Å². The zero-order chi connectivity index (χ0) is 28.7. The SMILES string of the molecule is C[C@@H](NC(=O)c1c(N)nn2cccnc12)C1C(=O)c2cccc(C#Cc3cnn(C)c3)c2C(=O)N1c1ccccc1. The maximum Gasteiger partial charge on any atom is 0.261 e. The van der Waals surface area contributed by atoms with Gasteiger partial charge in [-0.25, -0.2) is 9.50 Å². The van der Waals surface area contributed by atoms with E-state index in [0.29, 0.717) is 16.8 Å². The third-order valence-corrected chi connectivity index (χ3v) is 6.87. The molecule has 0 radical (unpaired) electrons. The quantitative estimate of drug-likeness (QED) is 0.331. The lowest BCUT2D eigenvalue weighted by atomic mass is 9.85. The van der Waals surface area contributed by atoms with Crippen LogP contribution in [0.1, 0.15) is 49.1 Å². The van der Waals surface area contributed by atoms with E-state index in [1.807, 2.05) is 6.07 Å². The second kappa shape index (κ2) is 10.1. The molecule has 11 heteroatoms. The molecular formula is C30H24N8O3. The molecule has 202 valence electrons. The smallest absolute Gasteiger partial charge is 0.261 e. The molecule has 2 atom stereocenters. The Balaban J connectivity index is 1.41. The lowest BCUT2D eigenvalue weighted by molar-refractivity contribution is 0.0831. The minimum Gasteiger partial charge on any atom is -0.381 e. The average molecular weight is 545 g/mol. The number of Topliss-reactive ketones (excluding diaryl/α,β-unsaturated/α-hetero) is 1. The van der Waals surface area contributed by atoms with Crippen molar-refractivity contribution in [3.05, 3.63) is 107 Å². The van der Waals surface area contributed by atoms with E-state index >= 15 is 0 Å². The summed E-state index contributed by atoms with van der Waals surface area (Å²) in [5.41, 5.74) is 8.47. The first-order valence-corrected chi connectivity index (χ1v) is 12.8. The van der Waals surface area contributed by atoms with Crippen LogP contribution in [0.4, 0.5) is 11.5 Å². The molecule has 41 heavy (non-hydrogen) atoms. The molecule has 3 aromatic heterocycles. The summed E-state index contributed by atoms with van der Waals surface area (Å²) in [6, 6.07) is 13.7. The summed E-state index contributed by atoms with van der Waals surface area (Å²) in [4.78, 5) is 47.4. The molecule has 11 nitrogen and oxygen atoms in total. The molecule has 1 aliphatic rings. The molecule has 0 saturated heterocycles. The van der Waals surface area contributed by atoms with Crippen molar-refractivity contribution in [2.45, 2.75) is 19.0 Å². The molecule has 0 bridgehead atoms. The predicted molar refractivity (Wildman–Crippen MR) is 151 cm³/mol. The maximum absolute atomic E-state index is 14.2. The number of nitrogens with zero attached hydrogens (tertiary/aromatic N) is 6. The second-order valence-electron chi connectivity index (χ2n) is 9.61. The second-order valence-corrected chi connectivity index (χ2v) is 9.61. The van der Waals surface area contributed by atoms with Gasteiger partial charge in [0.15, 0.2) is 17.2 Å². The molecule has 2 amide bonds. The highest BCUT2D eigenvalue weighted by Crippen LogP contribution is 2.32. The Kier molecular flexibility index (Phi) is 6.28. The van der Waals surface area contributed by atoms with E-state index < -0.39 is 23.9 Å². The number of hydrogen-bond donors (Lipinski definition) is 2. The number of para-hydroxylation sites is 1.